The summed E-state index contributed by atoms with van der Waals surface area (Å²) in [5, 5.41) is 0.707. The van der Waals surface area contributed by atoms with Gasteiger partial charge in [-0.1, -0.05) is 19.3 Å². The van der Waals surface area contributed by atoms with Crippen molar-refractivity contribution >= 4 is 16.5 Å². The van der Waals surface area contributed by atoms with Crippen molar-refractivity contribution in [2.45, 2.75) is 57.5 Å². The Morgan fingerprint density at radius 1 is 1.22 bits per heavy atom. The van der Waals surface area contributed by atoms with E-state index in [1.54, 1.807) is 11.3 Å². The maximum Gasteiger partial charge on any atom is 0.180 e. The number of nitrogens with two attached hydrogens (primary N) is 1. The van der Waals surface area contributed by atoms with Crippen LogP contribution in [0.4, 0.5) is 5.13 Å². The van der Waals surface area contributed by atoms with Crippen LogP contribution in [-0.4, -0.2) is 22.5 Å². The summed E-state index contributed by atoms with van der Waals surface area (Å²) in [6.45, 7) is 2.36. The molecule has 3 rings (SSSR count). The molecule has 100 valence electrons. The monoisotopic (exact) mass is 265 g/mol. The maximum absolute atomic E-state index is 5.72. The topological polar surface area (TPSA) is 42.1 Å². The second-order valence-corrected chi connectivity index (χ2v) is 6.98. The van der Waals surface area contributed by atoms with Gasteiger partial charge in [-0.15, -0.1) is 11.3 Å². The van der Waals surface area contributed by atoms with Gasteiger partial charge in [-0.05, 0) is 31.6 Å². The first-order valence-corrected chi connectivity index (χ1v) is 8.07. The predicted molar refractivity (Wildman–Crippen MR) is 76.5 cm³/mol. The molecule has 18 heavy (non-hydrogen) atoms. The molecule has 2 saturated carbocycles. The molecule has 1 heterocycles. The number of anilines is 1. The molecule has 2 aliphatic rings. The fraction of sp³-hybridized carbons (Fsp3) is 0.786. The van der Waals surface area contributed by atoms with Crippen molar-refractivity contribution < 1.29 is 0 Å². The Morgan fingerprint density at radius 2 is 2.00 bits per heavy atom. The maximum atomic E-state index is 5.72. The third kappa shape index (κ3) is 3.23. The fourth-order valence-electron chi connectivity index (χ4n) is 3.08. The summed E-state index contributed by atoms with van der Waals surface area (Å²) in [7, 11) is 0. The number of aromatic nitrogens is 1. The van der Waals surface area contributed by atoms with Crippen molar-refractivity contribution in [2.24, 2.45) is 5.92 Å². The van der Waals surface area contributed by atoms with E-state index in [1.807, 2.05) is 6.20 Å². The Morgan fingerprint density at radius 3 is 2.61 bits per heavy atom. The van der Waals surface area contributed by atoms with Crippen LogP contribution in [0.15, 0.2) is 6.20 Å². The van der Waals surface area contributed by atoms with E-state index in [-0.39, 0.29) is 0 Å². The summed E-state index contributed by atoms with van der Waals surface area (Å²) in [4.78, 5) is 8.18. The van der Waals surface area contributed by atoms with E-state index in [1.165, 1.54) is 56.4 Å². The normalized spacial score (nSPS) is 21.6. The zero-order chi connectivity index (χ0) is 12.4. The minimum absolute atomic E-state index is 0.707. The SMILES string of the molecule is Nc1ncc(CN(CC2CCCCC2)C2CC2)s1. The smallest absolute Gasteiger partial charge is 0.180 e. The van der Waals surface area contributed by atoms with E-state index >= 15 is 0 Å². The van der Waals surface area contributed by atoms with Gasteiger partial charge in [0.2, 0.25) is 0 Å². The molecule has 0 aliphatic heterocycles. The fourth-order valence-corrected chi connectivity index (χ4v) is 3.79. The highest BCUT2D eigenvalue weighted by Gasteiger charge is 2.31. The molecule has 0 aromatic carbocycles. The van der Waals surface area contributed by atoms with Crippen LogP contribution >= 0.6 is 11.3 Å². The predicted octanol–water partition coefficient (Wildman–Crippen LogP) is 3.27. The lowest BCUT2D eigenvalue weighted by Gasteiger charge is -2.29. The third-order valence-corrected chi connectivity index (χ3v) is 5.02. The van der Waals surface area contributed by atoms with Crippen molar-refractivity contribution in [3.8, 4) is 0 Å². The summed E-state index contributed by atoms with van der Waals surface area (Å²) >= 11 is 1.65. The van der Waals surface area contributed by atoms with Crippen LogP contribution in [0.2, 0.25) is 0 Å². The average Bonchev–Trinajstić information content (AvgIpc) is 3.15. The van der Waals surface area contributed by atoms with E-state index in [0.717, 1.165) is 18.5 Å². The highest BCUT2D eigenvalue weighted by atomic mass is 32.1. The summed E-state index contributed by atoms with van der Waals surface area (Å²) in [5.74, 6) is 0.935. The van der Waals surface area contributed by atoms with E-state index in [0.29, 0.717) is 5.13 Å². The molecule has 0 saturated heterocycles. The Bertz CT molecular complexity index is 380. The molecule has 0 atom stereocenters. The number of nitrogens with zero attached hydrogens (tertiary/aromatic N) is 2. The lowest BCUT2D eigenvalue weighted by molar-refractivity contribution is 0.187. The van der Waals surface area contributed by atoms with E-state index < -0.39 is 0 Å². The molecule has 2 N–H and O–H groups in total. The van der Waals surface area contributed by atoms with Crippen molar-refractivity contribution in [3.63, 3.8) is 0 Å². The molecular formula is C14H23N3S. The van der Waals surface area contributed by atoms with E-state index in [4.69, 9.17) is 5.73 Å². The van der Waals surface area contributed by atoms with Crippen molar-refractivity contribution in [3.05, 3.63) is 11.1 Å². The van der Waals surface area contributed by atoms with Gasteiger partial charge in [0.1, 0.15) is 0 Å². The number of hydrogen-bond acceptors (Lipinski definition) is 4. The highest BCUT2D eigenvalue weighted by molar-refractivity contribution is 7.15. The molecule has 4 heteroatoms. The van der Waals surface area contributed by atoms with E-state index in [2.05, 4.69) is 9.88 Å². The summed E-state index contributed by atoms with van der Waals surface area (Å²) in [6.07, 6.45) is 11.9. The van der Waals surface area contributed by atoms with E-state index in [9.17, 15) is 0 Å². The van der Waals surface area contributed by atoms with Crippen LogP contribution < -0.4 is 5.73 Å². The minimum atomic E-state index is 0.707. The molecular weight excluding hydrogens is 242 g/mol. The van der Waals surface area contributed by atoms with Gasteiger partial charge in [0.25, 0.3) is 0 Å². The van der Waals surface area contributed by atoms with Gasteiger partial charge in [0.15, 0.2) is 5.13 Å². The molecule has 0 spiro atoms. The molecule has 1 aromatic rings. The highest BCUT2D eigenvalue weighted by Crippen LogP contribution is 2.33. The Hall–Kier alpha value is -0.610. The number of rotatable bonds is 5. The van der Waals surface area contributed by atoms with Gasteiger partial charge in [0, 0.05) is 30.2 Å². The standard InChI is InChI=1S/C14H23N3S/c15-14-16-8-13(18-14)10-17(12-6-7-12)9-11-4-2-1-3-5-11/h8,11-12H,1-7,9-10H2,(H2,15,16). The van der Waals surface area contributed by atoms with Crippen LogP contribution in [0.5, 0.6) is 0 Å². The number of hydrogen-bond donors (Lipinski definition) is 1. The van der Waals surface area contributed by atoms with Crippen molar-refractivity contribution in [1.82, 2.24) is 9.88 Å². The van der Waals surface area contributed by atoms with Crippen LogP contribution in [-0.2, 0) is 6.54 Å². The van der Waals surface area contributed by atoms with Gasteiger partial charge in [0.05, 0.1) is 0 Å². The molecule has 0 radical (unpaired) electrons. The zero-order valence-electron chi connectivity index (χ0n) is 11.0. The molecule has 0 bridgehead atoms. The van der Waals surface area contributed by atoms with Gasteiger partial charge in [-0.25, -0.2) is 4.98 Å². The quantitative estimate of drug-likeness (QED) is 0.888. The number of thiazole rings is 1. The third-order valence-electron chi connectivity index (χ3n) is 4.21. The van der Waals surface area contributed by atoms with Gasteiger partial charge in [-0.3, -0.25) is 4.90 Å². The summed E-state index contributed by atoms with van der Waals surface area (Å²) in [5.41, 5.74) is 5.72. The van der Waals surface area contributed by atoms with Gasteiger partial charge < -0.3 is 5.73 Å². The lowest BCUT2D eigenvalue weighted by Crippen LogP contribution is -2.31. The molecule has 2 aliphatic carbocycles. The Labute approximate surface area is 113 Å². The van der Waals surface area contributed by atoms with Gasteiger partial charge >= 0.3 is 0 Å². The first-order chi connectivity index (χ1) is 8.81. The van der Waals surface area contributed by atoms with Crippen LogP contribution in [0, 0.1) is 5.92 Å². The Kier molecular flexibility index (Phi) is 3.85. The second kappa shape index (κ2) is 5.57. The van der Waals surface area contributed by atoms with Crippen molar-refractivity contribution in [2.75, 3.05) is 12.3 Å². The number of nitrogen functional groups attached to an aromatic ring is 1. The molecule has 2 fully saturated rings. The van der Waals surface area contributed by atoms with Crippen molar-refractivity contribution in [1.29, 1.82) is 0 Å². The lowest BCUT2D eigenvalue weighted by atomic mass is 9.89. The van der Waals surface area contributed by atoms with Crippen LogP contribution in [0.3, 0.4) is 0 Å². The molecule has 3 nitrogen and oxygen atoms in total. The Balaban J connectivity index is 1.57. The summed E-state index contributed by atoms with van der Waals surface area (Å²) < 4.78 is 0. The first kappa shape index (κ1) is 12.4. The summed E-state index contributed by atoms with van der Waals surface area (Å²) in [6, 6.07) is 0.843. The minimum Gasteiger partial charge on any atom is -0.375 e. The largest absolute Gasteiger partial charge is 0.375 e. The van der Waals surface area contributed by atoms with Gasteiger partial charge in [-0.2, -0.15) is 0 Å². The molecule has 0 unspecified atom stereocenters. The van der Waals surface area contributed by atoms with Crippen LogP contribution in [0.25, 0.3) is 0 Å². The second-order valence-electron chi connectivity index (χ2n) is 5.83. The zero-order valence-corrected chi connectivity index (χ0v) is 11.8. The van der Waals surface area contributed by atoms with Crippen LogP contribution in [0.1, 0.15) is 49.8 Å². The molecule has 1 aromatic heterocycles. The average molecular weight is 265 g/mol. The molecule has 0 amide bonds. The first-order valence-electron chi connectivity index (χ1n) is 7.25.